The highest BCUT2D eigenvalue weighted by atomic mass is 127. The van der Waals surface area contributed by atoms with E-state index in [4.69, 9.17) is 4.74 Å². The molecule has 2 N–H and O–H groups in total. The van der Waals surface area contributed by atoms with Crippen molar-refractivity contribution < 1.29 is 4.74 Å². The molecule has 0 saturated carbocycles. The number of nitrogens with zero attached hydrogens (tertiary/aromatic N) is 1. The molecular weight excluding hydrogens is 365 g/mol. The second-order valence-corrected chi connectivity index (χ2v) is 4.67. The number of hydrogen-bond donors (Lipinski definition) is 2. The topological polar surface area (TPSA) is 45.7 Å². The molecule has 0 saturated heterocycles. The summed E-state index contributed by atoms with van der Waals surface area (Å²) in [4.78, 5) is 4.17. The van der Waals surface area contributed by atoms with Gasteiger partial charge in [-0.3, -0.25) is 4.99 Å². The minimum absolute atomic E-state index is 0. The van der Waals surface area contributed by atoms with Gasteiger partial charge < -0.3 is 15.4 Å². The third-order valence-electron chi connectivity index (χ3n) is 2.50. The van der Waals surface area contributed by atoms with Crippen molar-refractivity contribution in [1.82, 2.24) is 10.6 Å². The van der Waals surface area contributed by atoms with Crippen LogP contribution in [-0.2, 0) is 6.54 Å². The normalized spacial score (nSPS) is 10.9. The summed E-state index contributed by atoms with van der Waals surface area (Å²) in [6, 6.07) is 8.12. The van der Waals surface area contributed by atoms with Crippen molar-refractivity contribution in [2.45, 2.75) is 39.8 Å². The zero-order valence-corrected chi connectivity index (χ0v) is 15.1. The zero-order valence-electron chi connectivity index (χ0n) is 12.8. The van der Waals surface area contributed by atoms with Crippen molar-refractivity contribution in [3.8, 4) is 5.75 Å². The van der Waals surface area contributed by atoms with Gasteiger partial charge in [0.05, 0.1) is 6.10 Å². The SMILES string of the molecule is CCCNC(=NC)NCc1cccc(OC(C)C)c1.I. The van der Waals surface area contributed by atoms with E-state index >= 15 is 0 Å². The van der Waals surface area contributed by atoms with Gasteiger partial charge in [0.15, 0.2) is 5.96 Å². The average Bonchev–Trinajstić information content (AvgIpc) is 2.38. The zero-order chi connectivity index (χ0) is 14.1. The van der Waals surface area contributed by atoms with Crippen LogP contribution in [0.1, 0.15) is 32.8 Å². The Kier molecular flexibility index (Phi) is 10.2. The van der Waals surface area contributed by atoms with E-state index in [0.29, 0.717) is 0 Å². The third-order valence-corrected chi connectivity index (χ3v) is 2.50. The van der Waals surface area contributed by atoms with E-state index in [1.165, 1.54) is 5.56 Å². The van der Waals surface area contributed by atoms with Gasteiger partial charge in [-0.15, -0.1) is 24.0 Å². The number of benzene rings is 1. The Hall–Kier alpha value is -0.980. The highest BCUT2D eigenvalue weighted by molar-refractivity contribution is 14.0. The Morgan fingerprint density at radius 3 is 2.65 bits per heavy atom. The van der Waals surface area contributed by atoms with Crippen LogP contribution in [0.5, 0.6) is 5.75 Å². The van der Waals surface area contributed by atoms with E-state index < -0.39 is 0 Å². The molecule has 0 radical (unpaired) electrons. The third kappa shape index (κ3) is 7.57. The van der Waals surface area contributed by atoms with Gasteiger partial charge in [-0.2, -0.15) is 0 Å². The van der Waals surface area contributed by atoms with Crippen molar-refractivity contribution in [1.29, 1.82) is 0 Å². The minimum Gasteiger partial charge on any atom is -0.491 e. The Balaban J connectivity index is 0.00000361. The maximum Gasteiger partial charge on any atom is 0.191 e. The van der Waals surface area contributed by atoms with E-state index in [1.807, 2.05) is 26.0 Å². The molecule has 4 nitrogen and oxygen atoms in total. The van der Waals surface area contributed by atoms with Crippen molar-refractivity contribution >= 4 is 29.9 Å². The number of halogens is 1. The Bertz CT molecular complexity index is 408. The van der Waals surface area contributed by atoms with Crippen LogP contribution in [-0.4, -0.2) is 25.7 Å². The van der Waals surface area contributed by atoms with E-state index in [-0.39, 0.29) is 30.1 Å². The first-order valence-corrected chi connectivity index (χ1v) is 6.85. The molecule has 0 spiro atoms. The molecule has 0 atom stereocenters. The van der Waals surface area contributed by atoms with Crippen molar-refractivity contribution in [3.05, 3.63) is 29.8 Å². The standard InChI is InChI=1S/C15H25N3O.HI/c1-5-9-17-15(16-4)18-11-13-7-6-8-14(10-13)19-12(2)3;/h6-8,10,12H,5,9,11H2,1-4H3,(H2,16,17,18);1H. The summed E-state index contributed by atoms with van der Waals surface area (Å²) < 4.78 is 5.68. The highest BCUT2D eigenvalue weighted by Crippen LogP contribution is 2.14. The lowest BCUT2D eigenvalue weighted by molar-refractivity contribution is 0.242. The first-order chi connectivity index (χ1) is 9.15. The van der Waals surface area contributed by atoms with Crippen molar-refractivity contribution in [2.75, 3.05) is 13.6 Å². The average molecular weight is 391 g/mol. The summed E-state index contributed by atoms with van der Waals surface area (Å²) in [5.74, 6) is 1.74. The fourth-order valence-electron chi connectivity index (χ4n) is 1.65. The molecule has 0 unspecified atom stereocenters. The van der Waals surface area contributed by atoms with E-state index in [0.717, 1.165) is 31.2 Å². The van der Waals surface area contributed by atoms with Gasteiger partial charge in [-0.1, -0.05) is 19.1 Å². The van der Waals surface area contributed by atoms with Crippen molar-refractivity contribution in [2.24, 2.45) is 4.99 Å². The molecule has 20 heavy (non-hydrogen) atoms. The van der Waals surface area contributed by atoms with Gasteiger partial charge >= 0.3 is 0 Å². The molecule has 0 aliphatic rings. The number of hydrogen-bond acceptors (Lipinski definition) is 2. The molecule has 114 valence electrons. The maximum absolute atomic E-state index is 5.68. The molecule has 5 heteroatoms. The minimum atomic E-state index is 0. The smallest absolute Gasteiger partial charge is 0.191 e. The quantitative estimate of drug-likeness (QED) is 0.445. The number of ether oxygens (including phenoxy) is 1. The van der Waals surface area contributed by atoms with E-state index in [2.05, 4.69) is 34.7 Å². The lowest BCUT2D eigenvalue weighted by Crippen LogP contribution is -2.37. The van der Waals surface area contributed by atoms with Gasteiger partial charge in [0.25, 0.3) is 0 Å². The molecule has 0 aliphatic carbocycles. The molecule has 0 aromatic heterocycles. The monoisotopic (exact) mass is 391 g/mol. The van der Waals surface area contributed by atoms with Crippen LogP contribution in [0.2, 0.25) is 0 Å². The first-order valence-electron chi connectivity index (χ1n) is 6.85. The van der Waals surface area contributed by atoms with Crippen LogP contribution in [0.3, 0.4) is 0 Å². The predicted octanol–water partition coefficient (Wildman–Crippen LogP) is 3.17. The van der Waals surface area contributed by atoms with Crippen LogP contribution in [0.4, 0.5) is 0 Å². The summed E-state index contributed by atoms with van der Waals surface area (Å²) in [5, 5.41) is 6.53. The number of rotatable bonds is 6. The van der Waals surface area contributed by atoms with Gasteiger partial charge in [-0.05, 0) is 38.0 Å². The highest BCUT2D eigenvalue weighted by Gasteiger charge is 2.01. The summed E-state index contributed by atoms with van der Waals surface area (Å²) in [7, 11) is 1.78. The second-order valence-electron chi connectivity index (χ2n) is 4.67. The first kappa shape index (κ1) is 19.0. The number of guanidine groups is 1. The maximum atomic E-state index is 5.68. The molecule has 0 fully saturated rings. The van der Waals surface area contributed by atoms with Crippen LogP contribution >= 0.6 is 24.0 Å². The molecule has 0 amide bonds. The summed E-state index contributed by atoms with van der Waals surface area (Å²) >= 11 is 0. The van der Waals surface area contributed by atoms with Crippen LogP contribution in [0, 0.1) is 0 Å². The molecule has 0 bridgehead atoms. The summed E-state index contributed by atoms with van der Waals surface area (Å²) in [6.07, 6.45) is 1.28. The van der Waals surface area contributed by atoms with E-state index in [1.54, 1.807) is 7.05 Å². The Morgan fingerprint density at radius 1 is 1.30 bits per heavy atom. The lowest BCUT2D eigenvalue weighted by Gasteiger charge is -2.13. The Labute approximate surface area is 139 Å². The largest absolute Gasteiger partial charge is 0.491 e. The Morgan fingerprint density at radius 2 is 2.05 bits per heavy atom. The summed E-state index contributed by atoms with van der Waals surface area (Å²) in [6.45, 7) is 7.85. The fourth-order valence-corrected chi connectivity index (χ4v) is 1.65. The molecule has 1 rings (SSSR count). The van der Waals surface area contributed by atoms with Gasteiger partial charge in [-0.25, -0.2) is 0 Å². The van der Waals surface area contributed by atoms with E-state index in [9.17, 15) is 0 Å². The van der Waals surface area contributed by atoms with Gasteiger partial charge in [0.2, 0.25) is 0 Å². The molecular formula is C15H26IN3O. The van der Waals surface area contributed by atoms with Crippen LogP contribution in [0.15, 0.2) is 29.3 Å². The van der Waals surface area contributed by atoms with Crippen LogP contribution in [0.25, 0.3) is 0 Å². The van der Waals surface area contributed by atoms with Gasteiger partial charge in [0, 0.05) is 20.1 Å². The molecule has 1 aromatic carbocycles. The second kappa shape index (κ2) is 10.8. The van der Waals surface area contributed by atoms with Crippen molar-refractivity contribution in [3.63, 3.8) is 0 Å². The molecule has 1 aromatic rings. The molecule has 0 aliphatic heterocycles. The van der Waals surface area contributed by atoms with Crippen LogP contribution < -0.4 is 15.4 Å². The summed E-state index contributed by atoms with van der Waals surface area (Å²) in [5.41, 5.74) is 1.18. The fraction of sp³-hybridized carbons (Fsp3) is 0.533. The predicted molar refractivity (Wildman–Crippen MR) is 96.1 cm³/mol. The van der Waals surface area contributed by atoms with Gasteiger partial charge in [0.1, 0.15) is 5.75 Å². The number of nitrogens with one attached hydrogen (secondary N) is 2. The molecule has 0 heterocycles. The number of aliphatic imine (C=N–C) groups is 1. The lowest BCUT2D eigenvalue weighted by atomic mass is 10.2.